The highest BCUT2D eigenvalue weighted by Gasteiger charge is 2.28. The molecule has 8 heteroatoms. The van der Waals surface area contributed by atoms with Crippen LogP contribution in [-0.4, -0.2) is 50.4 Å². The Morgan fingerprint density at radius 2 is 2.17 bits per heavy atom. The molecule has 1 aromatic carbocycles. The number of ether oxygens (including phenoxy) is 1. The summed E-state index contributed by atoms with van der Waals surface area (Å²) < 4.78 is 9.02. The van der Waals surface area contributed by atoms with Crippen LogP contribution in [0.15, 0.2) is 28.2 Å². The van der Waals surface area contributed by atoms with Gasteiger partial charge in [0.1, 0.15) is 23.3 Å². The largest absolute Gasteiger partial charge is 0.497 e. The summed E-state index contributed by atoms with van der Waals surface area (Å²) in [7, 11) is 1.63. The number of piperidine rings is 1. The van der Waals surface area contributed by atoms with Crippen LogP contribution in [0.2, 0.25) is 0 Å². The normalized spacial score (nSPS) is 18.9. The second kappa shape index (κ2) is 7.65. The fourth-order valence-corrected chi connectivity index (χ4v) is 5.77. The van der Waals surface area contributed by atoms with Crippen LogP contribution in [0, 0.1) is 0 Å². The molecule has 2 aliphatic heterocycles. The van der Waals surface area contributed by atoms with Crippen LogP contribution in [-0.2, 0) is 17.9 Å². The lowest BCUT2D eigenvalue weighted by Crippen LogP contribution is -2.45. The Kier molecular flexibility index (Phi) is 4.97. The molecule has 0 saturated carbocycles. The van der Waals surface area contributed by atoms with Gasteiger partial charge in [-0.2, -0.15) is 0 Å². The van der Waals surface area contributed by atoms with Gasteiger partial charge in [0.05, 0.1) is 12.6 Å². The van der Waals surface area contributed by atoms with Crippen LogP contribution in [0.3, 0.4) is 0 Å². The number of hydrogen-bond donors (Lipinski definition) is 0. The van der Waals surface area contributed by atoms with Crippen molar-refractivity contribution in [1.29, 1.82) is 0 Å². The average molecular weight is 427 g/mol. The van der Waals surface area contributed by atoms with Gasteiger partial charge >= 0.3 is 0 Å². The third-order valence-electron chi connectivity index (χ3n) is 6.39. The standard InChI is InChI=1S/C22H26N4O3S/c1-3-14-6-4-5-9-24(14)18(27)13-26-17-8-7-15(29-2)12-16(17)19-20(26)21(28)25-10-11-30-22(25)23-19/h7-8,12,14H,3-6,9-11,13H2,1-2H3. The molecule has 1 fully saturated rings. The van der Waals surface area contributed by atoms with Crippen molar-refractivity contribution in [2.24, 2.45) is 0 Å². The predicted octanol–water partition coefficient (Wildman–Crippen LogP) is 3.26. The van der Waals surface area contributed by atoms with E-state index in [0.29, 0.717) is 29.4 Å². The van der Waals surface area contributed by atoms with Gasteiger partial charge in [0.2, 0.25) is 5.91 Å². The van der Waals surface area contributed by atoms with E-state index in [1.165, 1.54) is 6.42 Å². The van der Waals surface area contributed by atoms with Crippen molar-refractivity contribution in [3.63, 3.8) is 0 Å². The molecule has 0 spiro atoms. The first-order chi connectivity index (χ1) is 14.6. The monoisotopic (exact) mass is 426 g/mol. The fourth-order valence-electron chi connectivity index (χ4n) is 4.82. The molecule has 1 saturated heterocycles. The molecule has 2 aromatic heterocycles. The minimum Gasteiger partial charge on any atom is -0.497 e. The molecule has 0 N–H and O–H groups in total. The van der Waals surface area contributed by atoms with Crippen molar-refractivity contribution < 1.29 is 9.53 Å². The zero-order chi connectivity index (χ0) is 20.8. The first kappa shape index (κ1) is 19.5. The highest BCUT2D eigenvalue weighted by molar-refractivity contribution is 7.99. The van der Waals surface area contributed by atoms with Gasteiger partial charge in [0, 0.05) is 30.3 Å². The zero-order valence-corrected chi connectivity index (χ0v) is 18.2. The molecule has 0 radical (unpaired) electrons. The molecule has 1 atom stereocenters. The summed E-state index contributed by atoms with van der Waals surface area (Å²) in [5.41, 5.74) is 1.97. The van der Waals surface area contributed by atoms with Crippen molar-refractivity contribution in [1.82, 2.24) is 19.0 Å². The van der Waals surface area contributed by atoms with Crippen molar-refractivity contribution in [2.75, 3.05) is 19.4 Å². The molecule has 2 aliphatic rings. The molecule has 3 aromatic rings. The van der Waals surface area contributed by atoms with Crippen LogP contribution in [0.1, 0.15) is 32.6 Å². The Morgan fingerprint density at radius 3 is 2.97 bits per heavy atom. The van der Waals surface area contributed by atoms with Gasteiger partial charge in [-0.3, -0.25) is 14.2 Å². The smallest absolute Gasteiger partial charge is 0.278 e. The number of fused-ring (bicyclic) bond motifs is 4. The minimum absolute atomic E-state index is 0.0614. The predicted molar refractivity (Wildman–Crippen MR) is 118 cm³/mol. The number of amides is 1. The number of thioether (sulfide) groups is 1. The number of carbonyl (C=O) groups excluding carboxylic acids is 1. The second-order valence-corrected chi connectivity index (χ2v) is 9.07. The van der Waals surface area contributed by atoms with Crippen LogP contribution in [0.4, 0.5) is 0 Å². The highest BCUT2D eigenvalue weighted by Crippen LogP contribution is 2.32. The maximum Gasteiger partial charge on any atom is 0.278 e. The molecular formula is C22H26N4O3S. The lowest BCUT2D eigenvalue weighted by molar-refractivity contribution is -0.135. The highest BCUT2D eigenvalue weighted by atomic mass is 32.2. The van der Waals surface area contributed by atoms with Gasteiger partial charge in [0.15, 0.2) is 5.16 Å². The molecule has 4 heterocycles. The zero-order valence-electron chi connectivity index (χ0n) is 17.4. The summed E-state index contributed by atoms with van der Waals surface area (Å²) >= 11 is 1.60. The van der Waals surface area contributed by atoms with E-state index in [-0.39, 0.29) is 18.0 Å². The Morgan fingerprint density at radius 1 is 1.30 bits per heavy atom. The molecule has 1 unspecified atom stereocenters. The van der Waals surface area contributed by atoms with E-state index in [9.17, 15) is 9.59 Å². The van der Waals surface area contributed by atoms with Crippen LogP contribution in [0.25, 0.3) is 21.9 Å². The molecule has 0 bridgehead atoms. The van der Waals surface area contributed by atoms with E-state index < -0.39 is 0 Å². The lowest BCUT2D eigenvalue weighted by atomic mass is 10.00. The van der Waals surface area contributed by atoms with Gasteiger partial charge in [-0.15, -0.1) is 0 Å². The molecule has 5 rings (SSSR count). The minimum atomic E-state index is -0.0614. The summed E-state index contributed by atoms with van der Waals surface area (Å²) in [5, 5.41) is 1.61. The number of likely N-dealkylation sites (tertiary alicyclic amines) is 1. The van der Waals surface area contributed by atoms with Gasteiger partial charge in [-0.05, 0) is 43.9 Å². The van der Waals surface area contributed by atoms with E-state index >= 15 is 0 Å². The first-order valence-electron chi connectivity index (χ1n) is 10.7. The van der Waals surface area contributed by atoms with Crippen molar-refractivity contribution in [3.05, 3.63) is 28.6 Å². The topological polar surface area (TPSA) is 69.4 Å². The molecular weight excluding hydrogens is 400 g/mol. The number of rotatable bonds is 4. The Bertz CT molecular complexity index is 1200. The van der Waals surface area contributed by atoms with Crippen LogP contribution in [0.5, 0.6) is 5.75 Å². The molecule has 30 heavy (non-hydrogen) atoms. The summed E-state index contributed by atoms with van der Waals surface area (Å²) in [6, 6.07) is 6.01. The summed E-state index contributed by atoms with van der Waals surface area (Å²) in [5.74, 6) is 1.64. The molecule has 0 aliphatic carbocycles. The van der Waals surface area contributed by atoms with Crippen molar-refractivity contribution >= 4 is 39.6 Å². The van der Waals surface area contributed by atoms with E-state index in [1.807, 2.05) is 27.7 Å². The van der Waals surface area contributed by atoms with Crippen molar-refractivity contribution in [3.8, 4) is 5.75 Å². The summed E-state index contributed by atoms with van der Waals surface area (Å²) in [4.78, 5) is 33.5. The molecule has 1 amide bonds. The summed E-state index contributed by atoms with van der Waals surface area (Å²) in [6.07, 6.45) is 4.24. The Labute approximate surface area is 179 Å². The van der Waals surface area contributed by atoms with E-state index in [1.54, 1.807) is 23.4 Å². The van der Waals surface area contributed by atoms with Crippen molar-refractivity contribution in [2.45, 2.75) is 56.9 Å². The number of hydrogen-bond acceptors (Lipinski definition) is 5. The van der Waals surface area contributed by atoms with Gasteiger partial charge in [-0.25, -0.2) is 4.98 Å². The van der Waals surface area contributed by atoms with E-state index in [0.717, 1.165) is 47.6 Å². The Hall–Kier alpha value is -2.48. The van der Waals surface area contributed by atoms with Crippen LogP contribution >= 0.6 is 11.8 Å². The summed E-state index contributed by atoms with van der Waals surface area (Å²) in [6.45, 7) is 3.75. The number of methoxy groups -OCH3 is 1. The van der Waals surface area contributed by atoms with Gasteiger partial charge in [-0.1, -0.05) is 18.7 Å². The third-order valence-corrected chi connectivity index (χ3v) is 7.34. The van der Waals surface area contributed by atoms with E-state index in [4.69, 9.17) is 9.72 Å². The SMILES string of the molecule is CCC1CCCCN1C(=O)Cn1c2ccc(OC)cc2c2nc3n(c(=O)c21)CCS3. The first-order valence-corrected chi connectivity index (χ1v) is 11.6. The van der Waals surface area contributed by atoms with Gasteiger partial charge < -0.3 is 14.2 Å². The second-order valence-electron chi connectivity index (χ2n) is 8.01. The average Bonchev–Trinajstić information content (AvgIpc) is 3.37. The number of carbonyl (C=O) groups is 1. The number of nitrogens with zero attached hydrogens (tertiary/aromatic N) is 4. The number of aromatic nitrogens is 3. The molecule has 7 nitrogen and oxygen atoms in total. The fraction of sp³-hybridized carbons (Fsp3) is 0.500. The Balaban J connectivity index is 1.68. The lowest BCUT2D eigenvalue weighted by Gasteiger charge is -2.35. The van der Waals surface area contributed by atoms with Gasteiger partial charge in [0.25, 0.3) is 5.56 Å². The van der Waals surface area contributed by atoms with Crippen LogP contribution < -0.4 is 10.3 Å². The third kappa shape index (κ3) is 3.00. The maximum absolute atomic E-state index is 13.4. The maximum atomic E-state index is 13.4. The molecule has 158 valence electrons. The van der Waals surface area contributed by atoms with E-state index in [2.05, 4.69) is 6.92 Å². The quantitative estimate of drug-likeness (QED) is 0.599. The number of benzene rings is 1.